The molecule has 4 nitrogen and oxygen atoms in total. The van der Waals surface area contributed by atoms with Gasteiger partial charge >= 0.3 is 63.1 Å². The summed E-state index contributed by atoms with van der Waals surface area (Å²) in [4.78, 5) is 0. The molecule has 0 rings (SSSR count). The third-order valence-corrected chi connectivity index (χ3v) is 1.68. The normalized spacial score (nSPS) is 9.35. The maximum absolute atomic E-state index is 9.53. The van der Waals surface area contributed by atoms with E-state index in [0.29, 0.717) is 0 Å². The number of hydrogen-bond acceptors (Lipinski definition) is 4. The van der Waals surface area contributed by atoms with Crippen molar-refractivity contribution < 1.29 is 35.8 Å². The second kappa shape index (κ2) is 27.8. The van der Waals surface area contributed by atoms with Gasteiger partial charge in [0.1, 0.15) is 0 Å². The fraction of sp³-hybridized carbons (Fsp3) is 1.00. The summed E-state index contributed by atoms with van der Waals surface area (Å²) in [5.41, 5.74) is 5.31. The zero-order chi connectivity index (χ0) is 17.0. The van der Waals surface area contributed by atoms with E-state index in [0.717, 1.165) is 6.54 Å². The van der Waals surface area contributed by atoms with E-state index < -0.39 is 18.3 Å². The summed E-state index contributed by atoms with van der Waals surface area (Å²) >= 11 is 2.22. The molecule has 0 aromatic heterocycles. The van der Waals surface area contributed by atoms with Gasteiger partial charge in [0.25, 0.3) is 0 Å². The zero-order valence-electron chi connectivity index (χ0n) is 14.3. The van der Waals surface area contributed by atoms with Gasteiger partial charge in [-0.1, -0.05) is 41.5 Å². The molecule has 0 bridgehead atoms. The molecule has 0 heterocycles. The molecule has 0 aliphatic carbocycles. The number of nitrogens with two attached hydrogens (primary N) is 1. The van der Waals surface area contributed by atoms with Gasteiger partial charge in [-0.3, -0.25) is 0 Å². The van der Waals surface area contributed by atoms with E-state index in [9.17, 15) is 15.3 Å². The van der Waals surface area contributed by atoms with Crippen LogP contribution in [0.3, 0.4) is 0 Å². The van der Waals surface area contributed by atoms with Crippen molar-refractivity contribution in [3.8, 4) is 0 Å². The Hall–Kier alpha value is 0.554. The zero-order valence-corrected chi connectivity index (χ0v) is 15.8. The Bertz CT molecular complexity index is 106. The van der Waals surface area contributed by atoms with Crippen molar-refractivity contribution in [1.29, 1.82) is 0 Å². The summed E-state index contributed by atoms with van der Waals surface area (Å²) in [6.07, 6.45) is 4.03. The summed E-state index contributed by atoms with van der Waals surface area (Å²) < 4.78 is 1.32. The number of rotatable bonds is 5. The van der Waals surface area contributed by atoms with Crippen molar-refractivity contribution in [2.24, 2.45) is 5.73 Å². The van der Waals surface area contributed by atoms with Crippen LogP contribution in [-0.2, 0) is 20.4 Å². The molecular formula is C15H35NO3Ti. The second-order valence-corrected chi connectivity index (χ2v) is 5.88. The number of unbranched alkanes of at least 4 members (excludes halogenated alkanes) is 3. The van der Waals surface area contributed by atoms with Gasteiger partial charge in [-0.05, 0) is 0 Å². The fourth-order valence-electron chi connectivity index (χ4n) is 0.623. The molecule has 0 fully saturated rings. The van der Waals surface area contributed by atoms with Gasteiger partial charge in [0.15, 0.2) is 0 Å². The molecule has 0 aliphatic heterocycles. The summed E-state index contributed by atoms with van der Waals surface area (Å²) in [6.45, 7) is 10.5. The maximum atomic E-state index is 9.53. The summed E-state index contributed by atoms with van der Waals surface area (Å²) in [5.74, 6) is 0. The molecule has 0 saturated carbocycles. The first kappa shape index (κ1) is 28.7. The van der Waals surface area contributed by atoms with Crippen LogP contribution in [0.4, 0.5) is 0 Å². The quantitative estimate of drug-likeness (QED) is 0.595. The minimum absolute atomic E-state index is 0.417. The van der Waals surface area contributed by atoms with E-state index in [1.165, 1.54) is 30.4 Å². The Morgan fingerprint density at radius 1 is 0.700 bits per heavy atom. The molecule has 0 unspecified atom stereocenters. The molecule has 0 aliphatic rings. The predicted octanol–water partition coefficient (Wildman–Crippen LogP) is 0.736. The third kappa shape index (κ3) is 185. The second-order valence-electron chi connectivity index (χ2n) is 5.10. The van der Waals surface area contributed by atoms with Crippen LogP contribution in [0.1, 0.15) is 67.2 Å². The molecule has 5 heteroatoms. The molecule has 0 amide bonds. The molecule has 0 atom stereocenters. The van der Waals surface area contributed by atoms with E-state index in [4.69, 9.17) is 5.73 Å². The van der Waals surface area contributed by atoms with Crippen LogP contribution in [0.5, 0.6) is 0 Å². The average Bonchev–Trinajstić information content (AvgIpc) is 2.22. The SMILES string of the molecule is CC(C)[O-].CC(C)[O-].CC(C)[O-].NCCCCC[CH2][Ti+3]. The number of hydrogen-bond donors (Lipinski definition) is 1. The van der Waals surface area contributed by atoms with Gasteiger partial charge in [-0.2, -0.15) is 0 Å². The molecule has 0 aromatic rings. The van der Waals surface area contributed by atoms with Crippen LogP contribution in [0.25, 0.3) is 0 Å². The van der Waals surface area contributed by atoms with Crippen LogP contribution in [0.15, 0.2) is 0 Å². The van der Waals surface area contributed by atoms with Crippen LogP contribution < -0.4 is 21.1 Å². The third-order valence-electron chi connectivity index (χ3n) is 1.13. The Balaban J connectivity index is -0.0000000917. The Kier molecular flexibility index (Phi) is 39.9. The molecule has 0 aromatic carbocycles. The van der Waals surface area contributed by atoms with Crippen molar-refractivity contribution in [3.63, 3.8) is 0 Å². The van der Waals surface area contributed by atoms with Crippen LogP contribution in [-0.4, -0.2) is 24.9 Å². The van der Waals surface area contributed by atoms with E-state index in [1.54, 1.807) is 41.5 Å². The Morgan fingerprint density at radius 3 is 1.15 bits per heavy atom. The van der Waals surface area contributed by atoms with Gasteiger partial charge in [0, 0.05) is 0 Å². The van der Waals surface area contributed by atoms with Gasteiger partial charge in [0.2, 0.25) is 0 Å². The molecule has 0 saturated heterocycles. The average molecular weight is 325 g/mol. The molecule has 122 valence electrons. The first-order chi connectivity index (χ1) is 9.11. The minimum atomic E-state index is -0.417. The predicted molar refractivity (Wildman–Crippen MR) is 77.7 cm³/mol. The van der Waals surface area contributed by atoms with E-state index in [2.05, 4.69) is 20.4 Å². The van der Waals surface area contributed by atoms with Crippen molar-refractivity contribution >= 4 is 0 Å². The van der Waals surface area contributed by atoms with Gasteiger partial charge in [-0.25, -0.2) is 0 Å². The van der Waals surface area contributed by atoms with Crippen molar-refractivity contribution in [2.75, 3.05) is 6.54 Å². The molecule has 20 heavy (non-hydrogen) atoms. The molecule has 0 spiro atoms. The monoisotopic (exact) mass is 325 g/mol. The van der Waals surface area contributed by atoms with E-state index in [-0.39, 0.29) is 0 Å². The van der Waals surface area contributed by atoms with Gasteiger partial charge < -0.3 is 15.3 Å². The standard InChI is InChI=1S/C6H14N.3C3H7O.Ti/c1-2-3-4-5-6-7;3*1-3(2)4;/h1-7H2;3*3H,1-2H3;/q;3*-1;+3. The van der Waals surface area contributed by atoms with Crippen LogP contribution in [0, 0.1) is 0 Å². The van der Waals surface area contributed by atoms with Gasteiger partial charge in [-0.15, -0.1) is 18.3 Å². The first-order valence-electron chi connectivity index (χ1n) is 7.43. The van der Waals surface area contributed by atoms with Crippen molar-refractivity contribution in [1.82, 2.24) is 0 Å². The summed E-state index contributed by atoms with van der Waals surface area (Å²) in [7, 11) is 0. The topological polar surface area (TPSA) is 95.2 Å². The molecule has 2 N–H and O–H groups in total. The molecular weight excluding hydrogens is 290 g/mol. The first-order valence-corrected chi connectivity index (χ1v) is 8.54. The van der Waals surface area contributed by atoms with Crippen molar-refractivity contribution in [2.45, 2.75) is 90.3 Å². The fourth-order valence-corrected chi connectivity index (χ4v) is 1.01. The van der Waals surface area contributed by atoms with Crippen LogP contribution >= 0.6 is 0 Å². The van der Waals surface area contributed by atoms with E-state index >= 15 is 0 Å². The summed E-state index contributed by atoms with van der Waals surface area (Å²) in [5, 5.41) is 28.6. The Morgan fingerprint density at radius 2 is 0.950 bits per heavy atom. The molecule has 0 radical (unpaired) electrons. The van der Waals surface area contributed by atoms with Crippen LogP contribution in [0.2, 0.25) is 4.73 Å². The van der Waals surface area contributed by atoms with E-state index in [1.807, 2.05) is 0 Å². The van der Waals surface area contributed by atoms with Crippen molar-refractivity contribution in [3.05, 3.63) is 0 Å². The summed E-state index contributed by atoms with van der Waals surface area (Å²) in [6, 6.07) is 0. The Labute approximate surface area is 138 Å². The van der Waals surface area contributed by atoms with Gasteiger partial charge in [0.05, 0.1) is 0 Å².